The Morgan fingerprint density at radius 3 is 2.95 bits per heavy atom. The highest BCUT2D eigenvalue weighted by Gasteiger charge is 2.02. The summed E-state index contributed by atoms with van der Waals surface area (Å²) in [7, 11) is 0. The molecule has 0 saturated carbocycles. The van der Waals surface area contributed by atoms with Crippen LogP contribution in [-0.2, 0) is 19.5 Å². The van der Waals surface area contributed by atoms with Crippen LogP contribution in [0.15, 0.2) is 42.6 Å². The third-order valence-electron chi connectivity index (χ3n) is 3.19. The summed E-state index contributed by atoms with van der Waals surface area (Å²) < 4.78 is 5.30. The highest BCUT2D eigenvalue weighted by molar-refractivity contribution is 5.28. The zero-order chi connectivity index (χ0) is 14.9. The van der Waals surface area contributed by atoms with Gasteiger partial charge >= 0.3 is 0 Å². The smallest absolute Gasteiger partial charge is 0.174 e. The van der Waals surface area contributed by atoms with Gasteiger partial charge in [-0.15, -0.1) is 0 Å². The quantitative estimate of drug-likeness (QED) is 0.848. The first-order valence-electron chi connectivity index (χ1n) is 7.05. The fourth-order valence-electron chi connectivity index (χ4n) is 2.14. The molecule has 0 radical (unpaired) electrons. The van der Waals surface area contributed by atoms with E-state index in [1.54, 1.807) is 0 Å². The van der Waals surface area contributed by atoms with E-state index in [4.69, 9.17) is 10.00 Å². The van der Waals surface area contributed by atoms with Crippen LogP contribution in [0, 0.1) is 11.3 Å². The van der Waals surface area contributed by atoms with Crippen LogP contribution in [0.2, 0.25) is 0 Å². The van der Waals surface area contributed by atoms with Crippen LogP contribution < -0.4 is 10.1 Å². The van der Waals surface area contributed by atoms with E-state index in [0.717, 1.165) is 36.5 Å². The third kappa shape index (κ3) is 4.59. The van der Waals surface area contributed by atoms with Gasteiger partial charge in [0.1, 0.15) is 11.8 Å². The van der Waals surface area contributed by atoms with E-state index in [9.17, 15) is 0 Å². The number of nitrogens with one attached hydrogen (secondary N) is 1. The third-order valence-corrected chi connectivity index (χ3v) is 3.19. The lowest BCUT2D eigenvalue weighted by molar-refractivity contribution is 0.367. The number of ether oxygens (including phenoxy) is 1. The van der Waals surface area contributed by atoms with E-state index < -0.39 is 0 Å². The monoisotopic (exact) mass is 281 g/mol. The summed E-state index contributed by atoms with van der Waals surface area (Å²) in [5.41, 5.74) is 3.49. The molecular formula is C17H19N3O. The van der Waals surface area contributed by atoms with Gasteiger partial charge in [0.25, 0.3) is 0 Å². The van der Waals surface area contributed by atoms with Gasteiger partial charge in [0.2, 0.25) is 0 Å². The summed E-state index contributed by atoms with van der Waals surface area (Å²) in [6, 6.07) is 13.8. The van der Waals surface area contributed by atoms with Crippen molar-refractivity contribution in [2.75, 3.05) is 6.61 Å². The van der Waals surface area contributed by atoms with Crippen LogP contribution in [0.1, 0.15) is 23.7 Å². The topological polar surface area (TPSA) is 57.9 Å². The predicted octanol–water partition coefficient (Wildman–Crippen LogP) is 2.84. The molecule has 2 rings (SSSR count). The van der Waals surface area contributed by atoms with Gasteiger partial charge in [-0.3, -0.25) is 4.98 Å². The van der Waals surface area contributed by atoms with E-state index in [1.165, 1.54) is 5.56 Å². The molecule has 0 bridgehead atoms. The SMILES string of the molecule is CCc1cccnc1CNCc1cccc(OCC#N)c1. The lowest BCUT2D eigenvalue weighted by Crippen LogP contribution is -2.15. The molecule has 21 heavy (non-hydrogen) atoms. The fraction of sp³-hybridized carbons (Fsp3) is 0.294. The maximum absolute atomic E-state index is 8.52. The second-order valence-corrected chi connectivity index (χ2v) is 4.66. The van der Waals surface area contributed by atoms with E-state index in [-0.39, 0.29) is 6.61 Å². The van der Waals surface area contributed by atoms with Crippen molar-refractivity contribution < 1.29 is 4.74 Å². The number of hydrogen-bond acceptors (Lipinski definition) is 4. The van der Waals surface area contributed by atoms with Gasteiger partial charge < -0.3 is 10.1 Å². The molecule has 0 aliphatic rings. The van der Waals surface area contributed by atoms with Crippen LogP contribution >= 0.6 is 0 Å². The van der Waals surface area contributed by atoms with Gasteiger partial charge in [-0.05, 0) is 35.7 Å². The molecule has 0 aliphatic carbocycles. The zero-order valence-electron chi connectivity index (χ0n) is 12.2. The number of aromatic nitrogens is 1. The van der Waals surface area contributed by atoms with Crippen LogP contribution in [-0.4, -0.2) is 11.6 Å². The molecule has 4 nitrogen and oxygen atoms in total. The van der Waals surface area contributed by atoms with Crippen molar-refractivity contribution in [3.8, 4) is 11.8 Å². The minimum atomic E-state index is 0.0741. The van der Waals surface area contributed by atoms with E-state index in [0.29, 0.717) is 0 Å². The van der Waals surface area contributed by atoms with Crippen molar-refractivity contribution in [3.63, 3.8) is 0 Å². The normalized spacial score (nSPS) is 10.1. The van der Waals surface area contributed by atoms with Crippen molar-refractivity contribution in [2.24, 2.45) is 0 Å². The lowest BCUT2D eigenvalue weighted by Gasteiger charge is -2.09. The molecule has 0 atom stereocenters. The van der Waals surface area contributed by atoms with Gasteiger partial charge in [-0.1, -0.05) is 25.1 Å². The van der Waals surface area contributed by atoms with Gasteiger partial charge in [0.15, 0.2) is 6.61 Å². The first-order chi connectivity index (χ1) is 10.3. The Hall–Kier alpha value is -2.38. The first-order valence-corrected chi connectivity index (χ1v) is 7.05. The first kappa shape index (κ1) is 15.0. The molecule has 108 valence electrons. The molecule has 1 heterocycles. The van der Waals surface area contributed by atoms with Crippen molar-refractivity contribution >= 4 is 0 Å². The number of aryl methyl sites for hydroxylation is 1. The summed E-state index contributed by atoms with van der Waals surface area (Å²) in [6.07, 6.45) is 2.81. The maximum Gasteiger partial charge on any atom is 0.174 e. The molecule has 0 spiro atoms. The summed E-state index contributed by atoms with van der Waals surface area (Å²) >= 11 is 0. The largest absolute Gasteiger partial charge is 0.479 e. The van der Waals surface area contributed by atoms with Crippen LogP contribution in [0.25, 0.3) is 0 Å². The Bertz CT molecular complexity index is 619. The van der Waals surface area contributed by atoms with Crippen molar-refractivity contribution in [3.05, 3.63) is 59.4 Å². The van der Waals surface area contributed by atoms with E-state index >= 15 is 0 Å². The van der Waals surface area contributed by atoms with Crippen LogP contribution in [0.5, 0.6) is 5.75 Å². The number of benzene rings is 1. The number of rotatable bonds is 7. The van der Waals surface area contributed by atoms with Crippen LogP contribution in [0.3, 0.4) is 0 Å². The molecule has 4 heteroatoms. The Morgan fingerprint density at radius 2 is 2.14 bits per heavy atom. The number of hydrogen-bond donors (Lipinski definition) is 1. The van der Waals surface area contributed by atoms with Gasteiger partial charge in [0, 0.05) is 19.3 Å². The second kappa shape index (κ2) is 8.03. The molecule has 1 aromatic heterocycles. The van der Waals surface area contributed by atoms with Crippen molar-refractivity contribution in [1.29, 1.82) is 5.26 Å². The average molecular weight is 281 g/mol. The van der Waals surface area contributed by atoms with Gasteiger partial charge in [-0.2, -0.15) is 5.26 Å². The summed E-state index contributed by atoms with van der Waals surface area (Å²) in [4.78, 5) is 4.42. The number of nitriles is 1. The molecule has 0 unspecified atom stereocenters. The Balaban J connectivity index is 1.90. The minimum Gasteiger partial charge on any atom is -0.479 e. The molecule has 1 N–H and O–H groups in total. The maximum atomic E-state index is 8.52. The summed E-state index contributed by atoms with van der Waals surface area (Å²) in [5.74, 6) is 0.725. The number of nitrogens with zero attached hydrogens (tertiary/aromatic N) is 2. The van der Waals surface area contributed by atoms with Crippen LogP contribution in [0.4, 0.5) is 0 Å². The predicted molar refractivity (Wildman–Crippen MR) is 81.7 cm³/mol. The second-order valence-electron chi connectivity index (χ2n) is 4.66. The number of pyridine rings is 1. The highest BCUT2D eigenvalue weighted by atomic mass is 16.5. The molecular weight excluding hydrogens is 262 g/mol. The average Bonchev–Trinajstić information content (AvgIpc) is 2.54. The van der Waals surface area contributed by atoms with Crippen molar-refractivity contribution in [1.82, 2.24) is 10.3 Å². The lowest BCUT2D eigenvalue weighted by atomic mass is 10.1. The van der Waals surface area contributed by atoms with Crippen molar-refractivity contribution in [2.45, 2.75) is 26.4 Å². The van der Waals surface area contributed by atoms with E-state index in [2.05, 4.69) is 23.3 Å². The van der Waals surface area contributed by atoms with Gasteiger partial charge in [0.05, 0.1) is 5.69 Å². The highest BCUT2D eigenvalue weighted by Crippen LogP contribution is 2.13. The molecule has 1 aromatic carbocycles. The molecule has 0 amide bonds. The standard InChI is InChI=1S/C17H19N3O/c1-2-15-6-4-9-20-17(15)13-19-12-14-5-3-7-16(11-14)21-10-8-18/h3-7,9,11,19H,2,10,12-13H2,1H3. The molecule has 2 aromatic rings. The minimum absolute atomic E-state index is 0.0741. The molecule has 0 aliphatic heterocycles. The Morgan fingerprint density at radius 1 is 1.24 bits per heavy atom. The Labute approximate surface area is 125 Å². The summed E-state index contributed by atoms with van der Waals surface area (Å²) in [5, 5.41) is 11.9. The van der Waals surface area contributed by atoms with Gasteiger partial charge in [-0.25, -0.2) is 0 Å². The van der Waals surface area contributed by atoms with E-state index in [1.807, 2.05) is 42.6 Å². The molecule has 0 saturated heterocycles. The molecule has 0 fully saturated rings. The Kier molecular flexibility index (Phi) is 5.74. The fourth-order valence-corrected chi connectivity index (χ4v) is 2.14. The summed E-state index contributed by atoms with van der Waals surface area (Å²) in [6.45, 7) is 3.69. The zero-order valence-corrected chi connectivity index (χ0v) is 12.2.